The smallest absolute Gasteiger partial charge is 0.145 e. The van der Waals surface area contributed by atoms with E-state index in [1.54, 1.807) is 0 Å². The highest BCUT2D eigenvalue weighted by atomic mass is 79.9. The molecule has 2 aromatic carbocycles. The second kappa shape index (κ2) is 6.57. The maximum absolute atomic E-state index is 13.5. The molecule has 0 saturated carbocycles. The van der Waals surface area contributed by atoms with E-state index < -0.39 is 5.82 Å². The molecule has 0 fully saturated rings. The summed E-state index contributed by atoms with van der Waals surface area (Å²) in [5.41, 5.74) is 7.83. The summed E-state index contributed by atoms with van der Waals surface area (Å²) in [6.07, 6.45) is -0.341. The van der Waals surface area contributed by atoms with Gasteiger partial charge in [-0.2, -0.15) is 0 Å². The Bertz CT molecular complexity index is 621. The SMILES string of the molecule is Cc1cccc(C(CN)Oc2cc(F)c(Cl)cc2Br)c1. The van der Waals surface area contributed by atoms with Gasteiger partial charge in [0.25, 0.3) is 0 Å². The summed E-state index contributed by atoms with van der Waals surface area (Å²) in [4.78, 5) is 0. The minimum Gasteiger partial charge on any atom is -0.483 e. The monoisotopic (exact) mass is 357 g/mol. The first-order chi connectivity index (χ1) is 9.51. The molecular weight excluding hydrogens is 345 g/mol. The van der Waals surface area contributed by atoms with Gasteiger partial charge in [-0.05, 0) is 34.5 Å². The van der Waals surface area contributed by atoms with E-state index in [2.05, 4.69) is 15.9 Å². The van der Waals surface area contributed by atoms with E-state index in [0.29, 0.717) is 16.8 Å². The number of aryl methyl sites for hydroxylation is 1. The van der Waals surface area contributed by atoms with Crippen LogP contribution in [0, 0.1) is 12.7 Å². The molecule has 2 aromatic rings. The molecule has 2 N–H and O–H groups in total. The highest BCUT2D eigenvalue weighted by Crippen LogP contribution is 2.33. The lowest BCUT2D eigenvalue weighted by Gasteiger charge is -2.19. The highest BCUT2D eigenvalue weighted by molar-refractivity contribution is 9.10. The van der Waals surface area contributed by atoms with E-state index in [1.807, 2.05) is 31.2 Å². The predicted molar refractivity (Wildman–Crippen MR) is 82.7 cm³/mol. The van der Waals surface area contributed by atoms with Gasteiger partial charge in [-0.3, -0.25) is 0 Å². The molecule has 1 atom stereocenters. The van der Waals surface area contributed by atoms with E-state index in [0.717, 1.165) is 11.1 Å². The van der Waals surface area contributed by atoms with Crippen LogP contribution >= 0.6 is 27.5 Å². The second-order valence-corrected chi connectivity index (χ2v) is 5.71. The third-order valence-electron chi connectivity index (χ3n) is 2.87. The second-order valence-electron chi connectivity index (χ2n) is 4.45. The first kappa shape index (κ1) is 15.3. The van der Waals surface area contributed by atoms with Crippen molar-refractivity contribution >= 4 is 27.5 Å². The average Bonchev–Trinajstić information content (AvgIpc) is 2.41. The Kier molecular flexibility index (Phi) is 5.02. The van der Waals surface area contributed by atoms with Crippen LogP contribution < -0.4 is 10.5 Å². The minimum atomic E-state index is -0.523. The van der Waals surface area contributed by atoms with Crippen LogP contribution in [0.3, 0.4) is 0 Å². The van der Waals surface area contributed by atoms with Gasteiger partial charge >= 0.3 is 0 Å². The van der Waals surface area contributed by atoms with Crippen LogP contribution in [0.2, 0.25) is 5.02 Å². The Morgan fingerprint density at radius 3 is 2.75 bits per heavy atom. The summed E-state index contributed by atoms with van der Waals surface area (Å²) in [6.45, 7) is 2.29. The standard InChI is InChI=1S/C15H14BrClFNO/c1-9-3-2-4-10(5-9)15(8-19)20-14-7-13(18)12(17)6-11(14)16/h2-7,15H,8,19H2,1H3. The van der Waals surface area contributed by atoms with Gasteiger partial charge in [0.2, 0.25) is 0 Å². The van der Waals surface area contributed by atoms with Crippen LogP contribution in [0.15, 0.2) is 40.9 Å². The highest BCUT2D eigenvalue weighted by Gasteiger charge is 2.15. The fraction of sp³-hybridized carbons (Fsp3) is 0.200. The van der Waals surface area contributed by atoms with E-state index in [1.165, 1.54) is 12.1 Å². The molecule has 0 aliphatic rings. The number of rotatable bonds is 4. The number of ether oxygens (including phenoxy) is 1. The van der Waals surface area contributed by atoms with Gasteiger partial charge < -0.3 is 10.5 Å². The maximum Gasteiger partial charge on any atom is 0.145 e. The molecule has 0 spiro atoms. The molecule has 0 radical (unpaired) electrons. The Balaban J connectivity index is 2.29. The van der Waals surface area contributed by atoms with Crippen LogP contribution in [-0.4, -0.2) is 6.54 Å². The number of nitrogens with two attached hydrogens (primary N) is 1. The van der Waals surface area contributed by atoms with Gasteiger partial charge in [-0.15, -0.1) is 0 Å². The van der Waals surface area contributed by atoms with Gasteiger partial charge in [0.05, 0.1) is 9.50 Å². The normalized spacial score (nSPS) is 12.2. The van der Waals surface area contributed by atoms with Gasteiger partial charge in [0.15, 0.2) is 0 Å². The van der Waals surface area contributed by atoms with Gasteiger partial charge in [-0.1, -0.05) is 41.4 Å². The van der Waals surface area contributed by atoms with E-state index >= 15 is 0 Å². The quantitative estimate of drug-likeness (QED) is 0.809. The first-order valence-electron chi connectivity index (χ1n) is 6.09. The predicted octanol–water partition coefficient (Wildman–Crippen LogP) is 4.63. The molecule has 0 aromatic heterocycles. The summed E-state index contributed by atoms with van der Waals surface area (Å²) in [7, 11) is 0. The minimum absolute atomic E-state index is 0.0454. The van der Waals surface area contributed by atoms with Gasteiger partial charge in [-0.25, -0.2) is 4.39 Å². The molecule has 0 saturated heterocycles. The molecule has 0 aliphatic carbocycles. The first-order valence-corrected chi connectivity index (χ1v) is 7.26. The van der Waals surface area contributed by atoms with E-state index in [4.69, 9.17) is 22.1 Å². The molecular formula is C15H14BrClFNO. The van der Waals surface area contributed by atoms with Crippen molar-refractivity contribution in [1.29, 1.82) is 0 Å². The Morgan fingerprint density at radius 1 is 1.35 bits per heavy atom. The van der Waals surface area contributed by atoms with Crippen LogP contribution in [0.5, 0.6) is 5.75 Å². The Labute approximate surface area is 130 Å². The van der Waals surface area contributed by atoms with Crippen LogP contribution in [0.4, 0.5) is 4.39 Å². The lowest BCUT2D eigenvalue weighted by Crippen LogP contribution is -2.18. The van der Waals surface area contributed by atoms with Crippen LogP contribution in [-0.2, 0) is 0 Å². The third-order valence-corrected chi connectivity index (χ3v) is 3.78. The van der Waals surface area contributed by atoms with E-state index in [9.17, 15) is 4.39 Å². The Morgan fingerprint density at radius 2 is 2.10 bits per heavy atom. The van der Waals surface area contributed by atoms with Crippen LogP contribution in [0.1, 0.15) is 17.2 Å². The summed E-state index contributed by atoms with van der Waals surface area (Å²) >= 11 is 9.02. The van der Waals surface area contributed by atoms with Crippen molar-refractivity contribution in [2.24, 2.45) is 5.73 Å². The molecule has 20 heavy (non-hydrogen) atoms. The zero-order chi connectivity index (χ0) is 14.7. The molecule has 0 bridgehead atoms. The Hall–Kier alpha value is -1.10. The van der Waals surface area contributed by atoms with Gasteiger partial charge in [0.1, 0.15) is 17.7 Å². The molecule has 2 rings (SSSR count). The summed E-state index contributed by atoms with van der Waals surface area (Å²) in [5.74, 6) is -0.145. The fourth-order valence-corrected chi connectivity index (χ4v) is 2.60. The zero-order valence-corrected chi connectivity index (χ0v) is 13.2. The number of benzene rings is 2. The molecule has 0 heterocycles. The van der Waals surface area contributed by atoms with Crippen molar-refractivity contribution in [1.82, 2.24) is 0 Å². The van der Waals surface area contributed by atoms with Crippen molar-refractivity contribution in [2.45, 2.75) is 13.0 Å². The lowest BCUT2D eigenvalue weighted by atomic mass is 10.1. The molecule has 1 unspecified atom stereocenters. The zero-order valence-electron chi connectivity index (χ0n) is 10.9. The van der Waals surface area contributed by atoms with Crippen molar-refractivity contribution in [3.05, 3.63) is 62.8 Å². The summed E-state index contributed by atoms with van der Waals surface area (Å²) in [5, 5.41) is 0.0454. The van der Waals surface area contributed by atoms with Crippen molar-refractivity contribution in [3.63, 3.8) is 0 Å². The molecule has 5 heteroatoms. The lowest BCUT2D eigenvalue weighted by molar-refractivity contribution is 0.212. The molecule has 0 amide bonds. The topological polar surface area (TPSA) is 35.2 Å². The molecule has 0 aliphatic heterocycles. The maximum atomic E-state index is 13.5. The summed E-state index contributed by atoms with van der Waals surface area (Å²) < 4.78 is 19.9. The van der Waals surface area contributed by atoms with Crippen molar-refractivity contribution in [2.75, 3.05) is 6.54 Å². The number of hydrogen-bond donors (Lipinski definition) is 1. The largest absolute Gasteiger partial charge is 0.483 e. The molecule has 106 valence electrons. The summed E-state index contributed by atoms with van der Waals surface area (Å²) in [6, 6.07) is 10.6. The average molecular weight is 359 g/mol. The van der Waals surface area contributed by atoms with E-state index in [-0.39, 0.29) is 11.1 Å². The van der Waals surface area contributed by atoms with Gasteiger partial charge in [0, 0.05) is 12.6 Å². The van der Waals surface area contributed by atoms with Crippen LogP contribution in [0.25, 0.3) is 0 Å². The molecule has 2 nitrogen and oxygen atoms in total. The fourth-order valence-electron chi connectivity index (χ4n) is 1.87. The third kappa shape index (κ3) is 3.51. The number of hydrogen-bond acceptors (Lipinski definition) is 2. The number of halogens is 3. The van der Waals surface area contributed by atoms with Crippen molar-refractivity contribution in [3.8, 4) is 5.75 Å². The van der Waals surface area contributed by atoms with Crippen molar-refractivity contribution < 1.29 is 9.13 Å².